The van der Waals surface area contributed by atoms with Crippen molar-refractivity contribution in [2.24, 2.45) is 0 Å². The lowest BCUT2D eigenvalue weighted by atomic mass is 10.0. The SMILES string of the molecule is CC(=O)NC(C(=O)O)c1cc2c(cc1C)OCO2. The molecule has 0 saturated carbocycles. The average Bonchev–Trinajstić information content (AvgIpc) is 2.71. The lowest BCUT2D eigenvalue weighted by Gasteiger charge is -2.16. The summed E-state index contributed by atoms with van der Waals surface area (Å²) in [6.45, 7) is 3.16. The van der Waals surface area contributed by atoms with Crippen LogP contribution in [0.15, 0.2) is 12.1 Å². The monoisotopic (exact) mass is 251 g/mol. The maximum atomic E-state index is 11.2. The third kappa shape index (κ3) is 2.22. The van der Waals surface area contributed by atoms with E-state index in [0.29, 0.717) is 17.1 Å². The van der Waals surface area contributed by atoms with E-state index in [-0.39, 0.29) is 6.79 Å². The summed E-state index contributed by atoms with van der Waals surface area (Å²) in [5, 5.41) is 11.6. The molecule has 1 aliphatic rings. The van der Waals surface area contributed by atoms with Crippen molar-refractivity contribution in [2.45, 2.75) is 19.9 Å². The summed E-state index contributed by atoms with van der Waals surface area (Å²) in [5.41, 5.74) is 1.21. The van der Waals surface area contributed by atoms with Crippen LogP contribution in [0.2, 0.25) is 0 Å². The van der Waals surface area contributed by atoms with Crippen LogP contribution in [-0.2, 0) is 9.59 Å². The second-order valence-electron chi connectivity index (χ2n) is 4.03. The molecule has 0 spiro atoms. The topological polar surface area (TPSA) is 84.9 Å². The number of carboxylic acid groups (broad SMARTS) is 1. The Labute approximate surface area is 104 Å². The molecule has 1 heterocycles. The molecule has 1 aromatic rings. The van der Waals surface area contributed by atoms with Crippen molar-refractivity contribution in [1.29, 1.82) is 0 Å². The Morgan fingerprint density at radius 2 is 1.94 bits per heavy atom. The summed E-state index contributed by atoms with van der Waals surface area (Å²) in [4.78, 5) is 22.2. The number of amides is 1. The number of aryl methyl sites for hydroxylation is 1. The molecular weight excluding hydrogens is 238 g/mol. The molecule has 0 saturated heterocycles. The normalized spacial score (nSPS) is 14.1. The maximum Gasteiger partial charge on any atom is 0.330 e. The highest BCUT2D eigenvalue weighted by Gasteiger charge is 2.25. The van der Waals surface area contributed by atoms with Gasteiger partial charge in [-0.1, -0.05) is 0 Å². The largest absolute Gasteiger partial charge is 0.479 e. The van der Waals surface area contributed by atoms with Gasteiger partial charge in [-0.25, -0.2) is 4.79 Å². The van der Waals surface area contributed by atoms with E-state index in [4.69, 9.17) is 14.6 Å². The van der Waals surface area contributed by atoms with Gasteiger partial charge in [-0.15, -0.1) is 0 Å². The van der Waals surface area contributed by atoms with E-state index >= 15 is 0 Å². The molecule has 0 fully saturated rings. The van der Waals surface area contributed by atoms with Crippen molar-refractivity contribution in [2.75, 3.05) is 6.79 Å². The summed E-state index contributed by atoms with van der Waals surface area (Å²) < 4.78 is 10.4. The highest BCUT2D eigenvalue weighted by molar-refractivity contribution is 5.83. The zero-order valence-corrected chi connectivity index (χ0v) is 10.0. The quantitative estimate of drug-likeness (QED) is 0.836. The standard InChI is InChI=1S/C12H13NO5/c1-6-3-9-10(18-5-17-9)4-8(6)11(12(15)16)13-7(2)14/h3-4,11H,5H2,1-2H3,(H,13,14)(H,15,16). The molecule has 96 valence electrons. The first-order valence-corrected chi connectivity index (χ1v) is 5.39. The number of carbonyl (C=O) groups excluding carboxylic acids is 1. The number of benzene rings is 1. The lowest BCUT2D eigenvalue weighted by molar-refractivity contribution is -0.141. The van der Waals surface area contributed by atoms with Crippen LogP contribution in [0, 0.1) is 6.92 Å². The number of carbonyl (C=O) groups is 2. The van der Waals surface area contributed by atoms with Crippen molar-refractivity contribution in [3.05, 3.63) is 23.3 Å². The lowest BCUT2D eigenvalue weighted by Crippen LogP contribution is -2.32. The molecule has 1 amide bonds. The second-order valence-corrected chi connectivity index (χ2v) is 4.03. The Hall–Kier alpha value is -2.24. The average molecular weight is 251 g/mol. The molecule has 2 rings (SSSR count). The van der Waals surface area contributed by atoms with Crippen LogP contribution >= 0.6 is 0 Å². The van der Waals surface area contributed by atoms with Crippen LogP contribution in [0.4, 0.5) is 0 Å². The van der Waals surface area contributed by atoms with Gasteiger partial charge in [0.15, 0.2) is 17.5 Å². The smallest absolute Gasteiger partial charge is 0.330 e. The number of hydrogen-bond donors (Lipinski definition) is 2. The predicted molar refractivity (Wildman–Crippen MR) is 61.5 cm³/mol. The van der Waals surface area contributed by atoms with E-state index in [1.54, 1.807) is 19.1 Å². The van der Waals surface area contributed by atoms with E-state index in [2.05, 4.69) is 5.32 Å². The molecule has 1 atom stereocenters. The summed E-state index contributed by atoms with van der Waals surface area (Å²) in [6.07, 6.45) is 0. The van der Waals surface area contributed by atoms with E-state index in [1.807, 2.05) is 0 Å². The maximum absolute atomic E-state index is 11.2. The highest BCUT2D eigenvalue weighted by Crippen LogP contribution is 2.36. The molecule has 0 aliphatic carbocycles. The number of rotatable bonds is 3. The van der Waals surface area contributed by atoms with E-state index in [1.165, 1.54) is 6.92 Å². The number of carboxylic acids is 1. The molecule has 0 bridgehead atoms. The minimum atomic E-state index is -1.12. The summed E-state index contributed by atoms with van der Waals surface area (Å²) in [5.74, 6) is -0.443. The fourth-order valence-corrected chi connectivity index (χ4v) is 1.85. The molecule has 1 unspecified atom stereocenters. The first kappa shape index (κ1) is 12.2. The van der Waals surface area contributed by atoms with Gasteiger partial charge < -0.3 is 19.9 Å². The van der Waals surface area contributed by atoms with Crippen LogP contribution in [0.3, 0.4) is 0 Å². The minimum absolute atomic E-state index is 0.121. The Balaban J connectivity index is 2.41. The zero-order valence-electron chi connectivity index (χ0n) is 10.0. The van der Waals surface area contributed by atoms with Gasteiger partial charge in [0.2, 0.25) is 12.7 Å². The molecule has 1 aromatic carbocycles. The van der Waals surface area contributed by atoms with E-state index in [0.717, 1.165) is 5.56 Å². The zero-order chi connectivity index (χ0) is 13.3. The first-order valence-electron chi connectivity index (χ1n) is 5.39. The summed E-state index contributed by atoms with van der Waals surface area (Å²) in [7, 11) is 0. The Bertz CT molecular complexity index is 511. The number of hydrogen-bond acceptors (Lipinski definition) is 4. The van der Waals surface area contributed by atoms with Crippen molar-refractivity contribution in [3.63, 3.8) is 0 Å². The van der Waals surface area contributed by atoms with Crippen LogP contribution in [0.1, 0.15) is 24.1 Å². The number of nitrogens with one attached hydrogen (secondary N) is 1. The van der Waals surface area contributed by atoms with Crippen LogP contribution in [0.25, 0.3) is 0 Å². The van der Waals surface area contributed by atoms with Crippen LogP contribution in [0.5, 0.6) is 11.5 Å². The molecule has 18 heavy (non-hydrogen) atoms. The Morgan fingerprint density at radius 1 is 1.33 bits per heavy atom. The predicted octanol–water partition coefficient (Wildman–Crippen LogP) is 0.986. The summed E-state index contributed by atoms with van der Waals surface area (Å²) >= 11 is 0. The molecule has 2 N–H and O–H groups in total. The van der Waals surface area contributed by atoms with Gasteiger partial charge in [-0.2, -0.15) is 0 Å². The Kier molecular flexibility index (Phi) is 3.10. The van der Waals surface area contributed by atoms with Gasteiger partial charge in [0.1, 0.15) is 0 Å². The van der Waals surface area contributed by atoms with Crippen molar-refractivity contribution >= 4 is 11.9 Å². The van der Waals surface area contributed by atoms with Gasteiger partial charge in [0.25, 0.3) is 0 Å². The molecule has 1 aliphatic heterocycles. The fourth-order valence-electron chi connectivity index (χ4n) is 1.85. The van der Waals surface area contributed by atoms with E-state index < -0.39 is 17.9 Å². The number of fused-ring (bicyclic) bond motifs is 1. The third-order valence-electron chi connectivity index (χ3n) is 2.67. The first-order chi connectivity index (χ1) is 8.49. The molecular formula is C12H13NO5. The minimum Gasteiger partial charge on any atom is -0.479 e. The summed E-state index contributed by atoms with van der Waals surface area (Å²) in [6, 6.07) is 2.21. The molecule has 6 heteroatoms. The van der Waals surface area contributed by atoms with E-state index in [9.17, 15) is 9.59 Å². The van der Waals surface area contributed by atoms with Crippen molar-refractivity contribution in [3.8, 4) is 11.5 Å². The van der Waals surface area contributed by atoms with Gasteiger partial charge in [0, 0.05) is 6.92 Å². The third-order valence-corrected chi connectivity index (χ3v) is 2.67. The van der Waals surface area contributed by atoms with Gasteiger partial charge in [0.05, 0.1) is 0 Å². The Morgan fingerprint density at radius 3 is 2.50 bits per heavy atom. The van der Waals surface area contributed by atoms with Crippen molar-refractivity contribution in [1.82, 2.24) is 5.32 Å². The number of ether oxygens (including phenoxy) is 2. The number of aliphatic carboxylic acids is 1. The van der Waals surface area contributed by atoms with Crippen LogP contribution < -0.4 is 14.8 Å². The highest BCUT2D eigenvalue weighted by atomic mass is 16.7. The van der Waals surface area contributed by atoms with Crippen molar-refractivity contribution < 1.29 is 24.2 Å². The van der Waals surface area contributed by atoms with Gasteiger partial charge in [-0.3, -0.25) is 4.79 Å². The van der Waals surface area contributed by atoms with Gasteiger partial charge >= 0.3 is 5.97 Å². The molecule has 0 radical (unpaired) electrons. The molecule has 0 aromatic heterocycles. The second kappa shape index (κ2) is 4.56. The van der Waals surface area contributed by atoms with Gasteiger partial charge in [-0.05, 0) is 30.2 Å². The molecule has 6 nitrogen and oxygen atoms in total. The van der Waals surface area contributed by atoms with Crippen LogP contribution in [-0.4, -0.2) is 23.8 Å². The fraction of sp³-hybridized carbons (Fsp3) is 0.333.